The molecule has 1 aliphatic heterocycles. The lowest BCUT2D eigenvalue weighted by molar-refractivity contribution is 0.0499. The molecule has 0 unspecified atom stereocenters. The highest BCUT2D eigenvalue weighted by Gasteiger charge is 2.26. The first-order chi connectivity index (χ1) is 13.7. The maximum atomic E-state index is 9.56. The summed E-state index contributed by atoms with van der Waals surface area (Å²) in [5.74, 6) is 1.82. The Labute approximate surface area is 168 Å². The molecule has 5 heteroatoms. The zero-order valence-electron chi connectivity index (χ0n) is 17.0. The first kappa shape index (κ1) is 20.6. The molecule has 1 heterocycles. The fourth-order valence-corrected chi connectivity index (χ4v) is 3.85. The number of rotatable bonds is 9. The lowest BCUT2D eigenvalue weighted by atomic mass is 10.1. The lowest BCUT2D eigenvalue weighted by Crippen LogP contribution is -2.52. The molecule has 0 aromatic heterocycles. The molecule has 1 saturated heterocycles. The van der Waals surface area contributed by atoms with Crippen molar-refractivity contribution < 1.29 is 14.6 Å². The third-order valence-electron chi connectivity index (χ3n) is 5.31. The molecule has 1 N–H and O–H groups in total. The predicted molar refractivity (Wildman–Crippen MR) is 112 cm³/mol. The second kappa shape index (κ2) is 10.5. The molecule has 2 aromatic rings. The second-order valence-corrected chi connectivity index (χ2v) is 7.30. The van der Waals surface area contributed by atoms with E-state index in [9.17, 15) is 5.11 Å². The molecule has 1 fully saturated rings. The fraction of sp³-hybridized carbons (Fsp3) is 0.478. The number of hydrogen-bond acceptors (Lipinski definition) is 5. The van der Waals surface area contributed by atoms with Crippen molar-refractivity contribution in [3.63, 3.8) is 0 Å². The van der Waals surface area contributed by atoms with E-state index in [4.69, 9.17) is 9.47 Å². The van der Waals surface area contributed by atoms with Gasteiger partial charge in [-0.1, -0.05) is 24.3 Å². The number of nitrogens with zero attached hydrogens (tertiary/aromatic N) is 2. The summed E-state index contributed by atoms with van der Waals surface area (Å²) in [5.41, 5.74) is 2.55. The van der Waals surface area contributed by atoms with Crippen LogP contribution in [0.25, 0.3) is 0 Å². The number of benzene rings is 2. The maximum absolute atomic E-state index is 9.56. The highest BCUT2D eigenvalue weighted by molar-refractivity contribution is 5.29. The van der Waals surface area contributed by atoms with E-state index in [2.05, 4.69) is 34.1 Å². The summed E-state index contributed by atoms with van der Waals surface area (Å²) in [6.07, 6.45) is 0.795. The van der Waals surface area contributed by atoms with Crippen LogP contribution < -0.4 is 9.47 Å². The van der Waals surface area contributed by atoms with Crippen molar-refractivity contribution in [1.29, 1.82) is 0 Å². The van der Waals surface area contributed by atoms with Gasteiger partial charge < -0.3 is 14.6 Å². The van der Waals surface area contributed by atoms with Crippen molar-refractivity contribution in [2.24, 2.45) is 0 Å². The Bertz CT molecular complexity index is 720. The van der Waals surface area contributed by atoms with E-state index >= 15 is 0 Å². The molecule has 0 saturated carbocycles. The van der Waals surface area contributed by atoms with Crippen LogP contribution in [0.4, 0.5) is 0 Å². The van der Waals surface area contributed by atoms with Gasteiger partial charge in [0.2, 0.25) is 0 Å². The zero-order chi connectivity index (χ0) is 19.8. The van der Waals surface area contributed by atoms with Crippen LogP contribution >= 0.6 is 0 Å². The molecule has 5 nitrogen and oxygen atoms in total. The second-order valence-electron chi connectivity index (χ2n) is 7.30. The van der Waals surface area contributed by atoms with Gasteiger partial charge in [-0.05, 0) is 48.7 Å². The van der Waals surface area contributed by atoms with E-state index in [0.717, 1.165) is 50.6 Å². The Kier molecular flexibility index (Phi) is 7.71. The number of aliphatic hydroxyl groups is 1. The number of methoxy groups -OCH3 is 1. The van der Waals surface area contributed by atoms with E-state index in [-0.39, 0.29) is 6.61 Å². The van der Waals surface area contributed by atoms with Crippen LogP contribution in [-0.4, -0.2) is 60.9 Å². The van der Waals surface area contributed by atoms with Gasteiger partial charge in [-0.3, -0.25) is 9.80 Å². The van der Waals surface area contributed by atoms with Gasteiger partial charge in [0.05, 0.1) is 13.7 Å². The number of ether oxygens (including phenoxy) is 2. The Morgan fingerprint density at radius 2 is 1.82 bits per heavy atom. The number of hydrogen-bond donors (Lipinski definition) is 1. The van der Waals surface area contributed by atoms with Gasteiger partial charge in [-0.15, -0.1) is 0 Å². The van der Waals surface area contributed by atoms with Crippen molar-refractivity contribution in [3.05, 3.63) is 59.7 Å². The van der Waals surface area contributed by atoms with E-state index in [1.807, 2.05) is 31.2 Å². The highest BCUT2D eigenvalue weighted by Crippen LogP contribution is 2.21. The maximum Gasteiger partial charge on any atom is 0.119 e. The molecular formula is C23H32N2O3. The van der Waals surface area contributed by atoms with Crippen LogP contribution in [0.2, 0.25) is 0 Å². The topological polar surface area (TPSA) is 45.2 Å². The summed E-state index contributed by atoms with van der Waals surface area (Å²) >= 11 is 0. The van der Waals surface area contributed by atoms with Crippen LogP contribution in [0, 0.1) is 0 Å². The average molecular weight is 385 g/mol. The van der Waals surface area contributed by atoms with Gasteiger partial charge in [0, 0.05) is 45.4 Å². The van der Waals surface area contributed by atoms with Crippen LogP contribution in [0.5, 0.6) is 11.5 Å². The minimum Gasteiger partial charge on any atom is -0.497 e. The largest absolute Gasteiger partial charge is 0.497 e. The molecule has 1 atom stereocenters. The lowest BCUT2D eigenvalue weighted by Gasteiger charge is -2.41. The Hall–Kier alpha value is -2.08. The van der Waals surface area contributed by atoms with Crippen LogP contribution in [0.3, 0.4) is 0 Å². The van der Waals surface area contributed by atoms with Crippen molar-refractivity contribution in [2.75, 3.05) is 40.0 Å². The number of aliphatic hydroxyl groups excluding tert-OH is 1. The Balaban J connectivity index is 1.59. The first-order valence-electron chi connectivity index (χ1n) is 10.1. The molecule has 152 valence electrons. The molecular weight excluding hydrogens is 352 g/mol. The number of piperazine rings is 1. The van der Waals surface area contributed by atoms with Crippen molar-refractivity contribution in [2.45, 2.75) is 32.5 Å². The summed E-state index contributed by atoms with van der Waals surface area (Å²) in [4.78, 5) is 4.97. The molecule has 0 spiro atoms. The molecule has 28 heavy (non-hydrogen) atoms. The van der Waals surface area contributed by atoms with Gasteiger partial charge in [-0.2, -0.15) is 0 Å². The van der Waals surface area contributed by atoms with Gasteiger partial charge in [0.25, 0.3) is 0 Å². The summed E-state index contributed by atoms with van der Waals surface area (Å²) < 4.78 is 10.9. The van der Waals surface area contributed by atoms with Gasteiger partial charge in [0.1, 0.15) is 11.5 Å². The minimum atomic E-state index is 0.218. The van der Waals surface area contributed by atoms with E-state index in [1.54, 1.807) is 7.11 Å². The molecule has 0 aliphatic carbocycles. The predicted octanol–water partition coefficient (Wildman–Crippen LogP) is 3.16. The quantitative estimate of drug-likeness (QED) is 0.720. The van der Waals surface area contributed by atoms with Crippen molar-refractivity contribution >= 4 is 0 Å². The summed E-state index contributed by atoms with van der Waals surface area (Å²) in [6.45, 7) is 7.73. The van der Waals surface area contributed by atoms with Gasteiger partial charge >= 0.3 is 0 Å². The molecule has 0 amide bonds. The smallest absolute Gasteiger partial charge is 0.119 e. The van der Waals surface area contributed by atoms with Crippen molar-refractivity contribution in [1.82, 2.24) is 9.80 Å². The molecule has 0 bridgehead atoms. The minimum absolute atomic E-state index is 0.218. The summed E-state index contributed by atoms with van der Waals surface area (Å²) in [6, 6.07) is 17.0. The SMILES string of the molecule is CCOc1ccc(CN2CCN(Cc3cccc(OC)c3)[C@H](CCO)C2)cc1. The molecule has 0 radical (unpaired) electrons. The normalized spacial score (nSPS) is 18.2. The van der Waals surface area contributed by atoms with Gasteiger partial charge in [0.15, 0.2) is 0 Å². The standard InChI is InChI=1S/C23H32N2O3/c1-3-28-22-9-7-19(8-10-22)16-24-12-13-25(21(18-24)11-14-26)17-20-5-4-6-23(15-20)27-2/h4-10,15,21,26H,3,11-14,16-18H2,1-2H3/t21-/m1/s1. The molecule has 3 rings (SSSR count). The van der Waals surface area contributed by atoms with Crippen LogP contribution in [0.15, 0.2) is 48.5 Å². The van der Waals surface area contributed by atoms with Crippen LogP contribution in [-0.2, 0) is 13.1 Å². The van der Waals surface area contributed by atoms with E-state index < -0.39 is 0 Å². The van der Waals surface area contributed by atoms with E-state index in [0.29, 0.717) is 12.6 Å². The first-order valence-corrected chi connectivity index (χ1v) is 10.1. The Morgan fingerprint density at radius 3 is 2.54 bits per heavy atom. The average Bonchev–Trinajstić information content (AvgIpc) is 2.72. The van der Waals surface area contributed by atoms with Crippen molar-refractivity contribution in [3.8, 4) is 11.5 Å². The third-order valence-corrected chi connectivity index (χ3v) is 5.31. The molecule has 2 aromatic carbocycles. The van der Waals surface area contributed by atoms with E-state index in [1.165, 1.54) is 11.1 Å². The highest BCUT2D eigenvalue weighted by atomic mass is 16.5. The third kappa shape index (κ3) is 5.71. The molecule has 1 aliphatic rings. The summed E-state index contributed by atoms with van der Waals surface area (Å²) in [5, 5.41) is 9.56. The van der Waals surface area contributed by atoms with Gasteiger partial charge in [-0.25, -0.2) is 0 Å². The monoisotopic (exact) mass is 384 g/mol. The zero-order valence-corrected chi connectivity index (χ0v) is 17.0. The Morgan fingerprint density at radius 1 is 1.00 bits per heavy atom. The van der Waals surface area contributed by atoms with Crippen LogP contribution in [0.1, 0.15) is 24.5 Å². The fourth-order valence-electron chi connectivity index (χ4n) is 3.85. The summed E-state index contributed by atoms with van der Waals surface area (Å²) in [7, 11) is 1.70.